The lowest BCUT2D eigenvalue weighted by molar-refractivity contribution is -0.140. The summed E-state index contributed by atoms with van der Waals surface area (Å²) < 4.78 is 18.6. The number of rotatable bonds is 5. The molecule has 0 radical (unpaired) electrons. The van der Waals surface area contributed by atoms with Crippen molar-refractivity contribution in [1.82, 2.24) is 4.90 Å². The number of aliphatic hydroxyl groups is 1. The molecule has 0 aliphatic carbocycles. The summed E-state index contributed by atoms with van der Waals surface area (Å²) in [6.45, 7) is -0.0330. The van der Waals surface area contributed by atoms with Gasteiger partial charge in [0, 0.05) is 12.1 Å². The summed E-state index contributed by atoms with van der Waals surface area (Å²) in [5, 5.41) is 21.3. The minimum atomic E-state index is -1.02. The first-order chi connectivity index (χ1) is 16.2. The lowest BCUT2D eigenvalue weighted by atomic mass is 9.95. The zero-order valence-electron chi connectivity index (χ0n) is 17.8. The van der Waals surface area contributed by atoms with E-state index in [1.165, 1.54) is 72.7 Å². The Kier molecular flexibility index (Phi) is 6.50. The Balaban J connectivity index is 1.88. The molecule has 6 nitrogen and oxygen atoms in total. The van der Waals surface area contributed by atoms with Gasteiger partial charge < -0.3 is 19.8 Å². The van der Waals surface area contributed by atoms with E-state index in [1.807, 2.05) is 0 Å². The summed E-state index contributed by atoms with van der Waals surface area (Å²) in [6, 6.07) is 13.2. The number of phenolic OH excluding ortho intramolecular Hbond substituents is 1. The molecule has 9 heteroatoms. The van der Waals surface area contributed by atoms with Crippen LogP contribution in [0.25, 0.3) is 5.76 Å². The van der Waals surface area contributed by atoms with Gasteiger partial charge in [-0.1, -0.05) is 41.4 Å². The van der Waals surface area contributed by atoms with Crippen molar-refractivity contribution in [1.29, 1.82) is 0 Å². The van der Waals surface area contributed by atoms with Crippen molar-refractivity contribution in [2.75, 3.05) is 7.11 Å². The number of hydrogen-bond donors (Lipinski definition) is 2. The summed E-state index contributed by atoms with van der Waals surface area (Å²) in [7, 11) is 1.41. The number of halogens is 3. The van der Waals surface area contributed by atoms with Crippen molar-refractivity contribution in [3.63, 3.8) is 0 Å². The number of aromatic hydroxyl groups is 1. The number of phenols is 1. The standard InChI is InChI=1S/C25H18Cl2FNO5/c1-34-20-11-15(4-8-17(20)26)23(31)21-22(14-5-9-19(30)18(27)10-14)29(25(33)24(21)32)12-13-2-6-16(28)7-3-13/h2-11,22,30-31H,12H2,1H3/b23-21-. The third-order valence-corrected chi connectivity index (χ3v) is 6.13. The number of likely N-dealkylation sites (tertiary alicyclic amines) is 1. The highest BCUT2D eigenvalue weighted by Crippen LogP contribution is 2.42. The van der Waals surface area contributed by atoms with E-state index in [0.29, 0.717) is 16.1 Å². The predicted octanol–water partition coefficient (Wildman–Crippen LogP) is 5.47. The van der Waals surface area contributed by atoms with E-state index < -0.39 is 29.3 Å². The molecule has 3 aromatic rings. The first-order valence-corrected chi connectivity index (χ1v) is 10.8. The second kappa shape index (κ2) is 9.37. The van der Waals surface area contributed by atoms with Crippen LogP contribution in [0.2, 0.25) is 10.0 Å². The Morgan fingerprint density at radius 2 is 1.74 bits per heavy atom. The first kappa shape index (κ1) is 23.6. The third-order valence-electron chi connectivity index (χ3n) is 5.52. The zero-order valence-corrected chi connectivity index (χ0v) is 19.3. The molecule has 2 N–H and O–H groups in total. The average Bonchev–Trinajstić information content (AvgIpc) is 3.07. The van der Waals surface area contributed by atoms with Gasteiger partial charge in [-0.15, -0.1) is 0 Å². The number of carbonyl (C=O) groups is 2. The maximum Gasteiger partial charge on any atom is 0.295 e. The maximum atomic E-state index is 13.4. The molecule has 0 saturated carbocycles. The van der Waals surface area contributed by atoms with Gasteiger partial charge in [-0.05, 0) is 53.6 Å². The molecule has 0 aromatic heterocycles. The SMILES string of the molecule is COc1cc(/C(O)=C2/C(=O)C(=O)N(Cc3ccc(F)cc3)C2c2ccc(O)c(Cl)c2)ccc1Cl. The molecule has 1 atom stereocenters. The van der Waals surface area contributed by atoms with Crippen LogP contribution in [0.5, 0.6) is 11.5 Å². The van der Waals surface area contributed by atoms with E-state index in [-0.39, 0.29) is 34.2 Å². The summed E-state index contributed by atoms with van der Waals surface area (Å²) in [5.41, 5.74) is 1.02. The fraction of sp³-hybridized carbons (Fsp3) is 0.120. The molecule has 3 aromatic carbocycles. The summed E-state index contributed by atoms with van der Waals surface area (Å²) in [6.07, 6.45) is 0. The number of ketones is 1. The van der Waals surface area contributed by atoms with Crippen LogP contribution in [-0.4, -0.2) is 33.9 Å². The van der Waals surface area contributed by atoms with Crippen LogP contribution in [0.1, 0.15) is 22.7 Å². The molecule has 1 fully saturated rings. The van der Waals surface area contributed by atoms with Crippen molar-refractivity contribution >= 4 is 40.7 Å². The van der Waals surface area contributed by atoms with Crippen molar-refractivity contribution in [3.05, 3.63) is 98.8 Å². The van der Waals surface area contributed by atoms with Gasteiger partial charge in [0.1, 0.15) is 23.1 Å². The quantitative estimate of drug-likeness (QED) is 0.275. The van der Waals surface area contributed by atoms with Crippen molar-refractivity contribution in [2.45, 2.75) is 12.6 Å². The average molecular weight is 502 g/mol. The molecule has 34 heavy (non-hydrogen) atoms. The van der Waals surface area contributed by atoms with Crippen LogP contribution in [0.15, 0.2) is 66.2 Å². The lowest BCUT2D eigenvalue weighted by Crippen LogP contribution is -2.29. The van der Waals surface area contributed by atoms with Gasteiger partial charge in [-0.2, -0.15) is 0 Å². The molecular weight excluding hydrogens is 484 g/mol. The molecule has 1 aliphatic rings. The van der Waals surface area contributed by atoms with Crippen molar-refractivity contribution in [3.8, 4) is 11.5 Å². The fourth-order valence-corrected chi connectivity index (χ4v) is 4.22. The van der Waals surface area contributed by atoms with Crippen LogP contribution in [0.3, 0.4) is 0 Å². The monoisotopic (exact) mass is 501 g/mol. The van der Waals surface area contributed by atoms with Crippen LogP contribution in [0.4, 0.5) is 4.39 Å². The van der Waals surface area contributed by atoms with Crippen LogP contribution in [0, 0.1) is 5.82 Å². The molecule has 4 rings (SSSR count). The first-order valence-electron chi connectivity index (χ1n) is 10.1. The highest BCUT2D eigenvalue weighted by molar-refractivity contribution is 6.46. The zero-order chi connectivity index (χ0) is 24.6. The van der Waals surface area contributed by atoms with E-state index in [2.05, 4.69) is 0 Å². The van der Waals surface area contributed by atoms with E-state index >= 15 is 0 Å². The van der Waals surface area contributed by atoms with Crippen LogP contribution < -0.4 is 4.74 Å². The number of ether oxygens (including phenoxy) is 1. The lowest BCUT2D eigenvalue weighted by Gasteiger charge is -2.25. The highest BCUT2D eigenvalue weighted by atomic mass is 35.5. The topological polar surface area (TPSA) is 87.1 Å². The number of Topliss-reactive ketones (excluding diaryl/α,β-unsaturated/α-hetero) is 1. The Labute approximate surface area is 204 Å². The highest BCUT2D eigenvalue weighted by Gasteiger charge is 2.46. The second-order valence-electron chi connectivity index (χ2n) is 7.61. The summed E-state index contributed by atoms with van der Waals surface area (Å²) in [4.78, 5) is 27.4. The number of hydrogen-bond acceptors (Lipinski definition) is 5. The summed E-state index contributed by atoms with van der Waals surface area (Å²) >= 11 is 12.2. The Morgan fingerprint density at radius 3 is 2.38 bits per heavy atom. The van der Waals surface area contributed by atoms with Gasteiger partial charge in [-0.3, -0.25) is 9.59 Å². The van der Waals surface area contributed by atoms with Gasteiger partial charge in [0.2, 0.25) is 0 Å². The number of benzene rings is 3. The number of nitrogens with zero attached hydrogens (tertiary/aromatic N) is 1. The number of amides is 1. The van der Waals surface area contributed by atoms with Crippen LogP contribution in [-0.2, 0) is 16.1 Å². The van der Waals surface area contributed by atoms with Gasteiger partial charge >= 0.3 is 0 Å². The number of carbonyl (C=O) groups excluding carboxylic acids is 2. The van der Waals surface area contributed by atoms with Crippen molar-refractivity contribution in [2.24, 2.45) is 0 Å². The minimum Gasteiger partial charge on any atom is -0.507 e. The molecular formula is C25H18Cl2FNO5. The molecule has 174 valence electrons. The van der Waals surface area contributed by atoms with E-state index in [4.69, 9.17) is 27.9 Å². The largest absolute Gasteiger partial charge is 0.507 e. The smallest absolute Gasteiger partial charge is 0.295 e. The van der Waals surface area contributed by atoms with E-state index in [0.717, 1.165) is 0 Å². The molecule has 1 heterocycles. The Morgan fingerprint density at radius 1 is 1.03 bits per heavy atom. The molecule has 1 unspecified atom stereocenters. The summed E-state index contributed by atoms with van der Waals surface area (Å²) in [5.74, 6) is -2.52. The molecule has 1 aliphatic heterocycles. The van der Waals surface area contributed by atoms with E-state index in [9.17, 15) is 24.2 Å². The minimum absolute atomic E-state index is 0.0121. The molecule has 1 saturated heterocycles. The second-order valence-corrected chi connectivity index (χ2v) is 8.43. The Bertz CT molecular complexity index is 1320. The molecule has 1 amide bonds. The van der Waals surface area contributed by atoms with Gasteiger partial charge in [0.05, 0.1) is 28.8 Å². The predicted molar refractivity (Wildman–Crippen MR) is 125 cm³/mol. The van der Waals surface area contributed by atoms with Crippen LogP contribution >= 0.6 is 23.2 Å². The van der Waals surface area contributed by atoms with Crippen molar-refractivity contribution < 1.29 is 28.9 Å². The molecule has 0 spiro atoms. The normalized spacial score (nSPS) is 17.3. The van der Waals surface area contributed by atoms with Gasteiger partial charge in [-0.25, -0.2) is 4.39 Å². The van der Waals surface area contributed by atoms with Gasteiger partial charge in [0.25, 0.3) is 11.7 Å². The van der Waals surface area contributed by atoms with Gasteiger partial charge in [0.15, 0.2) is 0 Å². The fourth-order valence-electron chi connectivity index (χ4n) is 3.83. The van der Waals surface area contributed by atoms with E-state index in [1.54, 1.807) is 0 Å². The molecule has 0 bridgehead atoms. The maximum absolute atomic E-state index is 13.4. The third kappa shape index (κ3) is 4.32. The number of methoxy groups -OCH3 is 1. The number of aliphatic hydroxyl groups excluding tert-OH is 1. The Hall–Kier alpha value is -3.55.